The molecule has 0 saturated heterocycles. The van der Waals surface area contributed by atoms with Crippen molar-refractivity contribution in [2.45, 2.75) is 0 Å². The number of nitrogens with one attached hydrogen (secondary N) is 1. The minimum atomic E-state index is -0.412. The molecule has 0 unspecified atom stereocenters. The zero-order valence-electron chi connectivity index (χ0n) is 13.8. The van der Waals surface area contributed by atoms with Crippen LogP contribution in [-0.4, -0.2) is 16.4 Å². The number of aromatic hydroxyl groups is 2. The highest BCUT2D eigenvalue weighted by Gasteiger charge is 2.13. The van der Waals surface area contributed by atoms with Crippen molar-refractivity contribution in [3.63, 3.8) is 0 Å². The molecule has 1 heterocycles. The Balaban J connectivity index is 1.72. The number of fused-ring (bicyclic) bond motifs is 2. The Labute approximate surface area is 151 Å². The molecule has 0 spiro atoms. The van der Waals surface area contributed by atoms with Crippen LogP contribution in [0.2, 0.25) is 0 Å². The summed E-state index contributed by atoms with van der Waals surface area (Å²) in [5.41, 5.74) is 4.01. The highest BCUT2D eigenvalue weighted by Crippen LogP contribution is 2.29. The molecule has 3 N–H and O–H groups in total. The second-order valence-corrected chi connectivity index (χ2v) is 5.90. The standard InChI is InChI=1S/C20H13FN2O4/c21-12-2-4-13(5-3-12)23-22-10-11-1-6-17-15(7-11)20(26)19-16(25)8-14(24)9-18(19)27-17/h1-10,23-25H/b22-10+. The van der Waals surface area contributed by atoms with Crippen LogP contribution in [0.25, 0.3) is 21.9 Å². The predicted molar refractivity (Wildman–Crippen MR) is 101 cm³/mol. The lowest BCUT2D eigenvalue weighted by Gasteiger charge is -2.05. The third-order valence-corrected chi connectivity index (χ3v) is 4.01. The second kappa shape index (κ2) is 6.45. The molecular formula is C20H13FN2O4. The Hall–Kier alpha value is -3.87. The molecule has 27 heavy (non-hydrogen) atoms. The quantitative estimate of drug-likeness (QED) is 0.291. The number of nitrogens with zero attached hydrogens (tertiary/aromatic N) is 1. The van der Waals surface area contributed by atoms with Gasteiger partial charge in [-0.3, -0.25) is 10.2 Å². The van der Waals surface area contributed by atoms with Gasteiger partial charge in [-0.1, -0.05) is 0 Å². The largest absolute Gasteiger partial charge is 0.508 e. The Bertz CT molecular complexity index is 1250. The molecule has 0 atom stereocenters. The first-order valence-electron chi connectivity index (χ1n) is 7.98. The van der Waals surface area contributed by atoms with E-state index in [4.69, 9.17) is 4.42 Å². The van der Waals surface area contributed by atoms with E-state index in [9.17, 15) is 19.4 Å². The van der Waals surface area contributed by atoms with Gasteiger partial charge in [0.2, 0.25) is 5.43 Å². The van der Waals surface area contributed by atoms with Gasteiger partial charge in [0.15, 0.2) is 0 Å². The summed E-state index contributed by atoms with van der Waals surface area (Å²) >= 11 is 0. The lowest BCUT2D eigenvalue weighted by molar-refractivity contribution is 0.453. The molecule has 6 nitrogen and oxygen atoms in total. The molecule has 4 rings (SSSR count). The highest BCUT2D eigenvalue weighted by atomic mass is 19.1. The van der Waals surface area contributed by atoms with Gasteiger partial charge in [-0.15, -0.1) is 0 Å². The van der Waals surface area contributed by atoms with Gasteiger partial charge in [0.05, 0.1) is 17.3 Å². The fourth-order valence-electron chi connectivity index (χ4n) is 2.75. The first-order valence-corrected chi connectivity index (χ1v) is 7.98. The van der Waals surface area contributed by atoms with E-state index in [2.05, 4.69) is 10.5 Å². The Morgan fingerprint density at radius 3 is 2.56 bits per heavy atom. The zero-order valence-corrected chi connectivity index (χ0v) is 13.8. The molecule has 0 aliphatic carbocycles. The third-order valence-electron chi connectivity index (χ3n) is 4.01. The van der Waals surface area contributed by atoms with Crippen LogP contribution in [0.4, 0.5) is 10.1 Å². The summed E-state index contributed by atoms with van der Waals surface area (Å²) in [7, 11) is 0. The van der Waals surface area contributed by atoms with Crippen LogP contribution in [0.1, 0.15) is 5.56 Å². The van der Waals surface area contributed by atoms with Gasteiger partial charge in [0, 0.05) is 12.1 Å². The average Bonchev–Trinajstić information content (AvgIpc) is 2.63. The molecule has 0 saturated carbocycles. The van der Waals surface area contributed by atoms with Crippen molar-refractivity contribution >= 4 is 33.8 Å². The van der Waals surface area contributed by atoms with Gasteiger partial charge >= 0.3 is 0 Å². The van der Waals surface area contributed by atoms with Crippen LogP contribution in [0, 0.1) is 5.82 Å². The summed E-state index contributed by atoms with van der Waals surface area (Å²) in [6.07, 6.45) is 1.50. The molecule has 3 aromatic carbocycles. The number of hydrogen-bond acceptors (Lipinski definition) is 6. The Morgan fingerprint density at radius 2 is 1.78 bits per heavy atom. The second-order valence-electron chi connectivity index (χ2n) is 5.90. The maximum absolute atomic E-state index is 12.9. The van der Waals surface area contributed by atoms with E-state index in [0.29, 0.717) is 16.8 Å². The van der Waals surface area contributed by atoms with Gasteiger partial charge in [-0.2, -0.15) is 5.10 Å². The first kappa shape index (κ1) is 16.6. The van der Waals surface area contributed by atoms with E-state index in [-0.39, 0.29) is 33.7 Å². The minimum absolute atomic E-state index is 0.00109. The number of benzene rings is 3. The summed E-state index contributed by atoms with van der Waals surface area (Å²) in [4.78, 5) is 12.7. The molecule has 1 aromatic heterocycles. The molecule has 0 radical (unpaired) electrons. The maximum atomic E-state index is 12.9. The summed E-state index contributed by atoms with van der Waals surface area (Å²) in [5, 5.41) is 23.9. The van der Waals surface area contributed by atoms with Gasteiger partial charge in [-0.05, 0) is 48.0 Å². The minimum Gasteiger partial charge on any atom is -0.508 e. The summed E-state index contributed by atoms with van der Waals surface area (Å²) in [6.45, 7) is 0. The molecule has 0 amide bonds. The lowest BCUT2D eigenvalue weighted by atomic mass is 10.1. The van der Waals surface area contributed by atoms with Gasteiger partial charge in [0.1, 0.15) is 33.9 Å². The molecule has 0 aliphatic heterocycles. The Kier molecular flexibility index (Phi) is 3.97. The number of halogens is 1. The van der Waals surface area contributed by atoms with Crippen LogP contribution >= 0.6 is 0 Å². The zero-order chi connectivity index (χ0) is 19.0. The summed E-state index contributed by atoms with van der Waals surface area (Å²) in [6, 6.07) is 13.0. The van der Waals surface area contributed by atoms with E-state index >= 15 is 0 Å². The number of hydrazone groups is 1. The predicted octanol–water partition coefficient (Wildman–Crippen LogP) is 3.94. The molecule has 7 heteroatoms. The van der Waals surface area contributed by atoms with E-state index in [1.165, 1.54) is 24.4 Å². The summed E-state index contributed by atoms with van der Waals surface area (Å²) < 4.78 is 18.5. The fraction of sp³-hybridized carbons (Fsp3) is 0. The number of rotatable bonds is 3. The average molecular weight is 364 g/mol. The molecule has 4 aromatic rings. The molecule has 0 fully saturated rings. The van der Waals surface area contributed by atoms with Crippen molar-refractivity contribution in [1.82, 2.24) is 0 Å². The number of phenolic OH excluding ortho intramolecular Hbond substituents is 2. The van der Waals surface area contributed by atoms with Crippen LogP contribution in [-0.2, 0) is 0 Å². The number of anilines is 1. The van der Waals surface area contributed by atoms with E-state index < -0.39 is 5.43 Å². The van der Waals surface area contributed by atoms with Crippen molar-refractivity contribution in [2.24, 2.45) is 5.10 Å². The van der Waals surface area contributed by atoms with Gasteiger partial charge < -0.3 is 14.6 Å². The third kappa shape index (κ3) is 3.18. The van der Waals surface area contributed by atoms with Gasteiger partial charge in [0.25, 0.3) is 0 Å². The SMILES string of the molecule is O=c1c2cc(/C=N/Nc3ccc(F)cc3)ccc2oc2cc(O)cc(O)c12. The lowest BCUT2D eigenvalue weighted by Crippen LogP contribution is -2.03. The molecule has 0 aliphatic rings. The van der Waals surface area contributed by atoms with Crippen molar-refractivity contribution in [2.75, 3.05) is 5.43 Å². The van der Waals surface area contributed by atoms with Crippen molar-refractivity contribution in [3.8, 4) is 11.5 Å². The van der Waals surface area contributed by atoms with E-state index in [1.807, 2.05) is 0 Å². The smallest absolute Gasteiger partial charge is 0.204 e. The highest BCUT2D eigenvalue weighted by molar-refractivity contribution is 5.96. The first-order chi connectivity index (χ1) is 13.0. The van der Waals surface area contributed by atoms with E-state index in [0.717, 1.165) is 6.07 Å². The summed E-state index contributed by atoms with van der Waals surface area (Å²) in [5.74, 6) is -0.884. The van der Waals surface area contributed by atoms with Gasteiger partial charge in [-0.25, -0.2) is 4.39 Å². The van der Waals surface area contributed by atoms with Crippen LogP contribution in [0.5, 0.6) is 11.5 Å². The van der Waals surface area contributed by atoms with Crippen LogP contribution in [0.15, 0.2) is 68.9 Å². The van der Waals surface area contributed by atoms with Crippen LogP contribution < -0.4 is 10.9 Å². The van der Waals surface area contributed by atoms with Crippen molar-refractivity contribution in [1.29, 1.82) is 0 Å². The Morgan fingerprint density at radius 1 is 1.00 bits per heavy atom. The molecule has 0 bridgehead atoms. The van der Waals surface area contributed by atoms with Crippen molar-refractivity contribution < 1.29 is 19.0 Å². The number of hydrogen-bond donors (Lipinski definition) is 3. The number of phenols is 2. The topological polar surface area (TPSA) is 95.1 Å². The normalized spacial score (nSPS) is 11.4. The molecule has 134 valence electrons. The monoisotopic (exact) mass is 364 g/mol. The van der Waals surface area contributed by atoms with E-state index in [1.54, 1.807) is 30.3 Å². The van der Waals surface area contributed by atoms with Crippen molar-refractivity contribution in [3.05, 3.63) is 76.2 Å². The van der Waals surface area contributed by atoms with Crippen LogP contribution in [0.3, 0.4) is 0 Å². The fourth-order valence-corrected chi connectivity index (χ4v) is 2.75. The molecular weight excluding hydrogens is 351 g/mol. The maximum Gasteiger partial charge on any atom is 0.204 e.